The molecule has 2 aromatic carbocycles. The van der Waals surface area contributed by atoms with Crippen molar-refractivity contribution in [3.63, 3.8) is 0 Å². The van der Waals surface area contributed by atoms with Gasteiger partial charge < -0.3 is 4.74 Å². The molecule has 0 unspecified atom stereocenters. The van der Waals surface area contributed by atoms with E-state index in [1.165, 1.54) is 0 Å². The zero-order chi connectivity index (χ0) is 17.9. The van der Waals surface area contributed by atoms with Crippen molar-refractivity contribution in [2.75, 3.05) is 13.2 Å². The minimum Gasteiger partial charge on any atom is -0.492 e. The normalized spacial score (nSPS) is 11.5. The Morgan fingerprint density at radius 2 is 1.58 bits per heavy atom. The van der Waals surface area contributed by atoms with Crippen LogP contribution in [0.25, 0.3) is 0 Å². The smallest absolute Gasteiger partial charge is 0.241 e. The van der Waals surface area contributed by atoms with Crippen LogP contribution in [-0.4, -0.2) is 21.6 Å². The quantitative estimate of drug-likeness (QED) is 0.813. The second kappa shape index (κ2) is 7.36. The van der Waals surface area contributed by atoms with Crippen molar-refractivity contribution in [2.24, 2.45) is 0 Å². The van der Waals surface area contributed by atoms with Crippen LogP contribution in [0.1, 0.15) is 27.8 Å². The Labute approximate surface area is 144 Å². The molecule has 130 valence electrons. The number of benzene rings is 2. The van der Waals surface area contributed by atoms with Crippen molar-refractivity contribution in [2.45, 2.75) is 39.5 Å². The molecule has 0 aliphatic carbocycles. The average molecular weight is 347 g/mol. The van der Waals surface area contributed by atoms with Crippen LogP contribution in [0.15, 0.2) is 35.2 Å². The van der Waals surface area contributed by atoms with Gasteiger partial charge in [0, 0.05) is 6.54 Å². The van der Waals surface area contributed by atoms with Crippen LogP contribution in [0.3, 0.4) is 0 Å². The topological polar surface area (TPSA) is 55.4 Å². The van der Waals surface area contributed by atoms with Crippen LogP contribution in [0, 0.1) is 34.6 Å². The highest BCUT2D eigenvalue weighted by Gasteiger charge is 2.19. The van der Waals surface area contributed by atoms with E-state index in [4.69, 9.17) is 4.74 Å². The van der Waals surface area contributed by atoms with E-state index in [1.54, 1.807) is 0 Å². The van der Waals surface area contributed by atoms with Gasteiger partial charge in [0.25, 0.3) is 0 Å². The summed E-state index contributed by atoms with van der Waals surface area (Å²) in [6.45, 7) is 10.1. The number of rotatable bonds is 6. The zero-order valence-corrected chi connectivity index (χ0v) is 15.8. The van der Waals surface area contributed by atoms with Gasteiger partial charge in [0.05, 0.1) is 4.90 Å². The van der Waals surface area contributed by atoms with Crippen LogP contribution in [-0.2, 0) is 10.0 Å². The summed E-state index contributed by atoms with van der Waals surface area (Å²) < 4.78 is 33.4. The Hall–Kier alpha value is -1.85. The standard InChI is InChI=1S/C19H25NO3S/c1-13-11-15(3)19(16(4)12-13)24(21,22)20-9-10-23-18-8-6-7-14(2)17(18)5/h6-8,11-12,20H,9-10H2,1-5H3. The maximum atomic E-state index is 12.6. The summed E-state index contributed by atoms with van der Waals surface area (Å²) in [6, 6.07) is 9.61. The van der Waals surface area contributed by atoms with Crippen LogP contribution in [0.2, 0.25) is 0 Å². The second-order valence-corrected chi connectivity index (χ2v) is 7.88. The number of ether oxygens (including phenoxy) is 1. The Bertz CT molecular complexity index is 819. The van der Waals surface area contributed by atoms with Crippen LogP contribution in [0.5, 0.6) is 5.75 Å². The molecular weight excluding hydrogens is 322 g/mol. The molecule has 0 saturated carbocycles. The van der Waals surface area contributed by atoms with E-state index in [0.717, 1.165) is 33.6 Å². The maximum absolute atomic E-state index is 12.6. The average Bonchev–Trinajstić information content (AvgIpc) is 2.46. The first kappa shape index (κ1) is 18.5. The van der Waals surface area contributed by atoms with E-state index >= 15 is 0 Å². The number of hydrogen-bond donors (Lipinski definition) is 1. The van der Waals surface area contributed by atoms with E-state index in [0.29, 0.717) is 4.90 Å². The third-order valence-corrected chi connectivity index (χ3v) is 5.85. The summed E-state index contributed by atoms with van der Waals surface area (Å²) in [6.07, 6.45) is 0. The summed E-state index contributed by atoms with van der Waals surface area (Å²) in [5, 5.41) is 0. The third kappa shape index (κ3) is 4.16. The highest BCUT2D eigenvalue weighted by Crippen LogP contribution is 2.22. The number of nitrogens with one attached hydrogen (secondary N) is 1. The molecule has 5 heteroatoms. The van der Waals surface area contributed by atoms with Crippen molar-refractivity contribution in [1.29, 1.82) is 0 Å². The lowest BCUT2D eigenvalue weighted by atomic mass is 10.1. The van der Waals surface area contributed by atoms with Gasteiger partial charge in [-0.05, 0) is 62.9 Å². The van der Waals surface area contributed by atoms with Gasteiger partial charge in [-0.25, -0.2) is 13.1 Å². The molecule has 2 aromatic rings. The molecule has 1 N–H and O–H groups in total. The Morgan fingerprint density at radius 3 is 2.21 bits per heavy atom. The fraction of sp³-hybridized carbons (Fsp3) is 0.368. The van der Waals surface area contributed by atoms with Crippen molar-refractivity contribution in [1.82, 2.24) is 4.72 Å². The fourth-order valence-corrected chi connectivity index (χ4v) is 4.34. The van der Waals surface area contributed by atoms with Gasteiger partial charge in [0.15, 0.2) is 0 Å². The first-order chi connectivity index (χ1) is 11.2. The molecule has 2 rings (SSSR count). The monoisotopic (exact) mass is 347 g/mol. The molecule has 0 aliphatic heterocycles. The molecule has 0 radical (unpaired) electrons. The number of sulfonamides is 1. The van der Waals surface area contributed by atoms with Gasteiger partial charge in [0.1, 0.15) is 12.4 Å². The second-order valence-electron chi connectivity index (χ2n) is 6.17. The number of hydrogen-bond acceptors (Lipinski definition) is 3. The molecule has 0 heterocycles. The Balaban J connectivity index is 2.03. The van der Waals surface area contributed by atoms with E-state index in [2.05, 4.69) is 4.72 Å². The first-order valence-corrected chi connectivity index (χ1v) is 9.47. The largest absolute Gasteiger partial charge is 0.492 e. The van der Waals surface area contributed by atoms with Gasteiger partial charge >= 0.3 is 0 Å². The molecule has 0 bridgehead atoms. The Morgan fingerprint density at radius 1 is 0.958 bits per heavy atom. The van der Waals surface area contributed by atoms with Gasteiger partial charge in [-0.15, -0.1) is 0 Å². The van der Waals surface area contributed by atoms with E-state index in [1.807, 2.05) is 65.0 Å². The van der Waals surface area contributed by atoms with E-state index < -0.39 is 10.0 Å². The minimum absolute atomic E-state index is 0.225. The SMILES string of the molecule is Cc1cc(C)c(S(=O)(=O)NCCOc2cccc(C)c2C)c(C)c1. The summed E-state index contributed by atoms with van der Waals surface area (Å²) >= 11 is 0. The van der Waals surface area contributed by atoms with Crippen molar-refractivity contribution >= 4 is 10.0 Å². The van der Waals surface area contributed by atoms with Gasteiger partial charge in [-0.3, -0.25) is 0 Å². The highest BCUT2D eigenvalue weighted by molar-refractivity contribution is 7.89. The van der Waals surface area contributed by atoms with Crippen LogP contribution in [0.4, 0.5) is 0 Å². The summed E-state index contributed by atoms with van der Waals surface area (Å²) in [4.78, 5) is 0.361. The molecular formula is C19H25NO3S. The lowest BCUT2D eigenvalue weighted by Crippen LogP contribution is -2.29. The maximum Gasteiger partial charge on any atom is 0.241 e. The lowest BCUT2D eigenvalue weighted by molar-refractivity contribution is 0.320. The predicted octanol–water partition coefficient (Wildman–Crippen LogP) is 3.59. The molecule has 0 saturated heterocycles. The lowest BCUT2D eigenvalue weighted by Gasteiger charge is -2.14. The Kier molecular flexibility index (Phi) is 5.67. The van der Waals surface area contributed by atoms with Crippen molar-refractivity contribution in [3.8, 4) is 5.75 Å². The summed E-state index contributed by atoms with van der Waals surface area (Å²) in [5.41, 5.74) is 4.80. The van der Waals surface area contributed by atoms with Crippen LogP contribution < -0.4 is 9.46 Å². The molecule has 24 heavy (non-hydrogen) atoms. The van der Waals surface area contributed by atoms with Crippen LogP contribution >= 0.6 is 0 Å². The minimum atomic E-state index is -3.54. The van der Waals surface area contributed by atoms with Crippen molar-refractivity contribution < 1.29 is 13.2 Å². The number of aryl methyl sites for hydroxylation is 4. The predicted molar refractivity (Wildman–Crippen MR) is 97.3 cm³/mol. The highest BCUT2D eigenvalue weighted by atomic mass is 32.2. The molecule has 0 aromatic heterocycles. The van der Waals surface area contributed by atoms with Crippen molar-refractivity contribution in [3.05, 3.63) is 58.1 Å². The van der Waals surface area contributed by atoms with E-state index in [9.17, 15) is 8.42 Å². The zero-order valence-electron chi connectivity index (χ0n) is 14.9. The molecule has 0 amide bonds. The molecule has 0 aliphatic rings. The summed E-state index contributed by atoms with van der Waals surface area (Å²) in [7, 11) is -3.54. The third-order valence-electron chi connectivity index (χ3n) is 4.08. The molecule has 4 nitrogen and oxygen atoms in total. The van der Waals surface area contributed by atoms with Gasteiger partial charge in [-0.1, -0.05) is 29.8 Å². The first-order valence-electron chi connectivity index (χ1n) is 7.99. The molecule has 0 fully saturated rings. The molecule has 0 atom stereocenters. The van der Waals surface area contributed by atoms with Gasteiger partial charge in [0.2, 0.25) is 10.0 Å². The fourth-order valence-electron chi connectivity index (χ4n) is 2.88. The summed E-state index contributed by atoms with van der Waals surface area (Å²) in [5.74, 6) is 0.789. The molecule has 0 spiro atoms. The van der Waals surface area contributed by atoms with Gasteiger partial charge in [-0.2, -0.15) is 0 Å². The van der Waals surface area contributed by atoms with E-state index in [-0.39, 0.29) is 13.2 Å².